The van der Waals surface area contributed by atoms with E-state index in [0.717, 1.165) is 44.9 Å². The van der Waals surface area contributed by atoms with Gasteiger partial charge in [0.2, 0.25) is 5.91 Å². The average Bonchev–Trinajstić information content (AvgIpc) is 3.15. The molecule has 0 aromatic carbocycles. The highest BCUT2D eigenvalue weighted by atomic mass is 16.3. The minimum Gasteiger partial charge on any atom is -0.394 e. The number of aliphatic hydroxyl groups is 2. The summed E-state index contributed by atoms with van der Waals surface area (Å²) in [5.74, 6) is -0.0821. The summed E-state index contributed by atoms with van der Waals surface area (Å²) in [5.41, 5.74) is 0. The summed E-state index contributed by atoms with van der Waals surface area (Å²) in [6, 6.07) is -0.642. The molecule has 0 fully saturated rings. The van der Waals surface area contributed by atoms with Crippen LogP contribution in [-0.4, -0.2) is 34.9 Å². The van der Waals surface area contributed by atoms with Crippen LogP contribution >= 0.6 is 0 Å². The first-order valence-electron chi connectivity index (χ1n) is 23.2. The first-order chi connectivity index (χ1) is 25.7. The molecule has 0 aromatic rings. The van der Waals surface area contributed by atoms with Gasteiger partial charge in [0, 0.05) is 6.42 Å². The molecule has 0 saturated heterocycles. The number of aliphatic hydroxyl groups excluding tert-OH is 2. The Labute approximate surface area is 325 Å². The molecule has 0 saturated carbocycles. The summed E-state index contributed by atoms with van der Waals surface area (Å²) in [7, 11) is 0. The van der Waals surface area contributed by atoms with E-state index < -0.39 is 12.1 Å². The number of carbonyl (C=O) groups excluding carboxylic acids is 1. The normalized spacial score (nSPS) is 13.2. The molecule has 2 unspecified atom stereocenters. The number of allylic oxidation sites excluding steroid dienone is 5. The maximum absolute atomic E-state index is 12.4. The molecule has 0 aliphatic carbocycles. The zero-order chi connectivity index (χ0) is 37.8. The van der Waals surface area contributed by atoms with Crippen molar-refractivity contribution in [3.8, 4) is 0 Å². The lowest BCUT2D eigenvalue weighted by atomic mass is 10.0. The van der Waals surface area contributed by atoms with Gasteiger partial charge in [-0.3, -0.25) is 4.79 Å². The monoisotopic (exact) mass is 730 g/mol. The Morgan fingerprint density at radius 3 is 1.12 bits per heavy atom. The van der Waals surface area contributed by atoms with Crippen LogP contribution in [0.1, 0.15) is 245 Å². The van der Waals surface area contributed by atoms with Crippen molar-refractivity contribution in [2.75, 3.05) is 6.61 Å². The number of hydrogen-bond acceptors (Lipinski definition) is 3. The Bertz CT molecular complexity index is 790. The summed E-state index contributed by atoms with van der Waals surface area (Å²) >= 11 is 0. The summed E-state index contributed by atoms with van der Waals surface area (Å²) in [6.07, 6.45) is 58.4. The fourth-order valence-electron chi connectivity index (χ4n) is 7.01. The lowest BCUT2D eigenvalue weighted by molar-refractivity contribution is -0.123. The van der Waals surface area contributed by atoms with Crippen LogP contribution in [0.15, 0.2) is 36.5 Å². The molecule has 0 bridgehead atoms. The van der Waals surface area contributed by atoms with E-state index in [9.17, 15) is 15.0 Å². The van der Waals surface area contributed by atoms with Crippen molar-refractivity contribution in [1.29, 1.82) is 0 Å². The SMILES string of the molecule is CCCCCCC/C=C\CCCCCCCC(=O)NC(CO)C(O)/C=C/CC/C=C/CCCCCCCCCCCCCCCCCCCCCC. The smallest absolute Gasteiger partial charge is 0.220 e. The van der Waals surface area contributed by atoms with Crippen molar-refractivity contribution < 1.29 is 15.0 Å². The lowest BCUT2D eigenvalue weighted by Gasteiger charge is -2.19. The first kappa shape index (κ1) is 50.6. The highest BCUT2D eigenvalue weighted by Gasteiger charge is 2.17. The largest absolute Gasteiger partial charge is 0.394 e. The van der Waals surface area contributed by atoms with Gasteiger partial charge < -0.3 is 15.5 Å². The van der Waals surface area contributed by atoms with Crippen molar-refractivity contribution in [3.63, 3.8) is 0 Å². The number of carbonyl (C=O) groups is 1. The number of rotatable bonds is 42. The molecule has 3 N–H and O–H groups in total. The van der Waals surface area contributed by atoms with E-state index in [-0.39, 0.29) is 12.5 Å². The van der Waals surface area contributed by atoms with Gasteiger partial charge in [0.05, 0.1) is 18.8 Å². The summed E-state index contributed by atoms with van der Waals surface area (Å²) in [5, 5.41) is 23.0. The maximum Gasteiger partial charge on any atom is 0.220 e. The Morgan fingerprint density at radius 1 is 0.442 bits per heavy atom. The highest BCUT2D eigenvalue weighted by Crippen LogP contribution is 2.16. The Morgan fingerprint density at radius 2 is 0.750 bits per heavy atom. The third kappa shape index (κ3) is 39.8. The minimum atomic E-state index is -0.864. The van der Waals surface area contributed by atoms with Gasteiger partial charge in [-0.1, -0.05) is 217 Å². The molecule has 0 heterocycles. The molecule has 0 aromatic heterocycles. The van der Waals surface area contributed by atoms with Crippen molar-refractivity contribution >= 4 is 5.91 Å². The Balaban J connectivity index is 3.56. The van der Waals surface area contributed by atoms with Gasteiger partial charge in [0.25, 0.3) is 0 Å². The fourth-order valence-corrected chi connectivity index (χ4v) is 7.01. The lowest BCUT2D eigenvalue weighted by Crippen LogP contribution is -2.45. The maximum atomic E-state index is 12.4. The quantitative estimate of drug-likeness (QED) is 0.0433. The second kappa shape index (κ2) is 44.0. The van der Waals surface area contributed by atoms with E-state index in [1.54, 1.807) is 6.08 Å². The van der Waals surface area contributed by atoms with Crippen LogP contribution in [0.2, 0.25) is 0 Å². The van der Waals surface area contributed by atoms with Crippen LogP contribution < -0.4 is 5.32 Å². The topological polar surface area (TPSA) is 69.6 Å². The number of nitrogens with one attached hydrogen (secondary N) is 1. The van der Waals surface area contributed by atoms with E-state index in [4.69, 9.17) is 0 Å². The fraction of sp³-hybridized carbons (Fsp3) is 0.854. The van der Waals surface area contributed by atoms with Crippen molar-refractivity contribution in [3.05, 3.63) is 36.5 Å². The second-order valence-electron chi connectivity index (χ2n) is 15.8. The Hall–Kier alpha value is -1.39. The van der Waals surface area contributed by atoms with E-state index >= 15 is 0 Å². The van der Waals surface area contributed by atoms with Gasteiger partial charge in [-0.15, -0.1) is 0 Å². The first-order valence-corrected chi connectivity index (χ1v) is 23.2. The van der Waals surface area contributed by atoms with Crippen molar-refractivity contribution in [2.24, 2.45) is 0 Å². The van der Waals surface area contributed by atoms with Gasteiger partial charge in [0.1, 0.15) is 0 Å². The molecular weight excluding hydrogens is 639 g/mol. The van der Waals surface area contributed by atoms with E-state index in [0.29, 0.717) is 6.42 Å². The molecular formula is C48H91NO3. The Kier molecular flexibility index (Phi) is 42.8. The third-order valence-corrected chi connectivity index (χ3v) is 10.6. The van der Waals surface area contributed by atoms with Crippen LogP contribution in [0.5, 0.6) is 0 Å². The van der Waals surface area contributed by atoms with Crippen LogP contribution in [0.4, 0.5) is 0 Å². The van der Waals surface area contributed by atoms with E-state index in [1.165, 1.54) is 180 Å². The van der Waals surface area contributed by atoms with Crippen LogP contribution in [0.25, 0.3) is 0 Å². The third-order valence-electron chi connectivity index (χ3n) is 10.6. The molecule has 1 amide bonds. The standard InChI is InChI=1S/C48H91NO3/c1-3-5-7-9-11-13-15-17-19-20-21-22-23-24-25-26-27-28-29-30-31-33-35-37-39-41-43-47(51)46(45-50)49-48(52)44-42-40-38-36-34-32-18-16-14-12-10-8-6-4-2/h16,18,33,35,41,43,46-47,50-51H,3-15,17,19-32,34,36-40,42,44-45H2,1-2H3,(H,49,52)/b18-16-,35-33+,43-41+. The molecule has 4 nitrogen and oxygen atoms in total. The molecule has 52 heavy (non-hydrogen) atoms. The molecule has 2 atom stereocenters. The van der Waals surface area contributed by atoms with Crippen molar-refractivity contribution in [2.45, 2.75) is 257 Å². The predicted octanol–water partition coefficient (Wildman–Crippen LogP) is 14.6. The van der Waals surface area contributed by atoms with Gasteiger partial charge >= 0.3 is 0 Å². The minimum absolute atomic E-state index is 0.0821. The molecule has 0 spiro atoms. The van der Waals surface area contributed by atoms with Crippen LogP contribution in [-0.2, 0) is 4.79 Å². The summed E-state index contributed by atoms with van der Waals surface area (Å²) in [6.45, 7) is 4.29. The zero-order valence-electron chi connectivity index (χ0n) is 35.1. The zero-order valence-corrected chi connectivity index (χ0v) is 35.1. The molecule has 306 valence electrons. The average molecular weight is 730 g/mol. The molecule has 0 aliphatic heterocycles. The molecule has 0 radical (unpaired) electrons. The summed E-state index contributed by atoms with van der Waals surface area (Å²) < 4.78 is 0. The second-order valence-corrected chi connectivity index (χ2v) is 15.8. The van der Waals surface area contributed by atoms with Gasteiger partial charge in [0.15, 0.2) is 0 Å². The van der Waals surface area contributed by atoms with Crippen LogP contribution in [0.3, 0.4) is 0 Å². The van der Waals surface area contributed by atoms with E-state index in [1.807, 2.05) is 6.08 Å². The van der Waals surface area contributed by atoms with E-state index in [2.05, 4.69) is 43.5 Å². The van der Waals surface area contributed by atoms with Crippen molar-refractivity contribution in [1.82, 2.24) is 5.32 Å². The molecule has 4 heteroatoms. The molecule has 0 aliphatic rings. The number of hydrogen-bond donors (Lipinski definition) is 3. The number of amides is 1. The molecule has 0 rings (SSSR count). The van der Waals surface area contributed by atoms with Crippen LogP contribution in [0, 0.1) is 0 Å². The van der Waals surface area contributed by atoms with Gasteiger partial charge in [-0.2, -0.15) is 0 Å². The summed E-state index contributed by atoms with van der Waals surface area (Å²) in [4.78, 5) is 12.4. The predicted molar refractivity (Wildman–Crippen MR) is 230 cm³/mol. The van der Waals surface area contributed by atoms with Gasteiger partial charge in [-0.25, -0.2) is 0 Å². The highest BCUT2D eigenvalue weighted by molar-refractivity contribution is 5.76. The van der Waals surface area contributed by atoms with Gasteiger partial charge in [-0.05, 0) is 57.8 Å². The number of unbranched alkanes of at least 4 members (excludes halogenated alkanes) is 31.